The molecular weight excluding hydrogens is 454 g/mol. The van der Waals surface area contributed by atoms with Crippen LogP contribution in [-0.4, -0.2) is 40.3 Å². The first-order valence-electron chi connectivity index (χ1n) is 10.2. The van der Waals surface area contributed by atoms with Crippen LogP contribution in [0.15, 0.2) is 55.0 Å². The minimum absolute atomic E-state index is 0.208. The van der Waals surface area contributed by atoms with Crippen molar-refractivity contribution in [3.8, 4) is 17.7 Å². The molecule has 0 radical (unpaired) electrons. The molecule has 4 heterocycles. The molecule has 1 N–H and O–H groups in total. The first kappa shape index (κ1) is 21.2. The van der Waals surface area contributed by atoms with Crippen molar-refractivity contribution in [3.05, 3.63) is 77.0 Å². The average Bonchev–Trinajstić information content (AvgIpc) is 3.47. The lowest BCUT2D eigenvalue weighted by Gasteiger charge is -2.12. The van der Waals surface area contributed by atoms with E-state index in [1.807, 2.05) is 43.3 Å². The summed E-state index contributed by atoms with van der Waals surface area (Å²) in [5.74, 6) is 1.04. The van der Waals surface area contributed by atoms with E-state index >= 15 is 0 Å². The third-order valence-electron chi connectivity index (χ3n) is 5.08. The fourth-order valence-corrected chi connectivity index (χ4v) is 3.69. The Morgan fingerprint density at radius 2 is 1.97 bits per heavy atom. The van der Waals surface area contributed by atoms with Crippen molar-refractivity contribution in [2.75, 3.05) is 5.32 Å². The average molecular weight is 470 g/mol. The number of halogens is 1. The van der Waals surface area contributed by atoms with Gasteiger partial charge in [0.25, 0.3) is 0 Å². The maximum Gasteiger partial charge on any atom is 0.166 e. The van der Waals surface area contributed by atoms with E-state index in [1.165, 1.54) is 11.6 Å². The number of aryl methyl sites for hydroxylation is 1. The lowest BCUT2D eigenvalue weighted by molar-refractivity contribution is 0.101. The van der Waals surface area contributed by atoms with Crippen molar-refractivity contribution in [2.45, 2.75) is 13.8 Å². The summed E-state index contributed by atoms with van der Waals surface area (Å²) in [7, 11) is 0. The van der Waals surface area contributed by atoms with Crippen LogP contribution in [0.25, 0.3) is 22.7 Å². The lowest BCUT2D eigenvalue weighted by Crippen LogP contribution is -2.10. The summed E-state index contributed by atoms with van der Waals surface area (Å²) in [6.45, 7) is 3.29. The predicted molar refractivity (Wildman–Crippen MR) is 126 cm³/mol. The maximum absolute atomic E-state index is 12.2. The number of ketones is 1. The fourth-order valence-electron chi connectivity index (χ4n) is 3.45. The van der Waals surface area contributed by atoms with Gasteiger partial charge in [0.1, 0.15) is 12.4 Å². The number of hydrogen-bond donors (Lipinski definition) is 1. The second-order valence-electron chi connectivity index (χ2n) is 7.48. The molecule has 10 nitrogen and oxygen atoms in total. The molecule has 0 aliphatic rings. The molecular formula is C23H16ClN9O. The van der Waals surface area contributed by atoms with E-state index in [0.717, 1.165) is 16.9 Å². The smallest absolute Gasteiger partial charge is 0.166 e. The van der Waals surface area contributed by atoms with Crippen LogP contribution in [0.3, 0.4) is 0 Å². The third kappa shape index (κ3) is 3.85. The standard InChI is InChI=1S/C23H16ClN9O/c1-13-3-6-21(30-29-13)27-15-4-5-20-19(9-15)26-12-32(20)23-18(24)10-17(14(2)34)22(28-23)33-8-7-16(11-25)31-33/h3-10,12H,1-2H3,(H,27,30). The Morgan fingerprint density at radius 1 is 1.12 bits per heavy atom. The highest BCUT2D eigenvalue weighted by Gasteiger charge is 2.19. The van der Waals surface area contributed by atoms with Gasteiger partial charge in [-0.25, -0.2) is 14.6 Å². The molecule has 5 aromatic rings. The third-order valence-corrected chi connectivity index (χ3v) is 5.36. The van der Waals surface area contributed by atoms with Crippen molar-refractivity contribution >= 4 is 39.9 Å². The van der Waals surface area contributed by atoms with E-state index < -0.39 is 0 Å². The van der Waals surface area contributed by atoms with Crippen LogP contribution in [0.5, 0.6) is 0 Å². The summed E-state index contributed by atoms with van der Waals surface area (Å²) in [5, 5.41) is 24.9. The quantitative estimate of drug-likeness (QED) is 0.380. The van der Waals surface area contributed by atoms with Gasteiger partial charge in [-0.1, -0.05) is 11.6 Å². The molecule has 0 amide bonds. The Balaban J connectivity index is 1.57. The predicted octanol–water partition coefficient (Wildman–Crippen LogP) is 4.18. The number of carbonyl (C=O) groups excluding carboxylic acids is 1. The van der Waals surface area contributed by atoms with Gasteiger partial charge in [0, 0.05) is 11.9 Å². The van der Waals surface area contributed by atoms with Gasteiger partial charge in [0.05, 0.1) is 27.3 Å². The van der Waals surface area contributed by atoms with Gasteiger partial charge in [-0.3, -0.25) is 9.36 Å². The van der Waals surface area contributed by atoms with Gasteiger partial charge in [0.2, 0.25) is 0 Å². The molecule has 0 aliphatic heterocycles. The fraction of sp³-hybridized carbons (Fsp3) is 0.0870. The highest BCUT2D eigenvalue weighted by atomic mass is 35.5. The minimum atomic E-state index is -0.227. The number of hydrogen-bond acceptors (Lipinski definition) is 8. The van der Waals surface area contributed by atoms with Crippen LogP contribution in [0.1, 0.15) is 28.7 Å². The minimum Gasteiger partial charge on any atom is -0.339 e. The van der Waals surface area contributed by atoms with E-state index in [9.17, 15) is 4.79 Å². The van der Waals surface area contributed by atoms with E-state index in [-0.39, 0.29) is 27.9 Å². The highest BCUT2D eigenvalue weighted by molar-refractivity contribution is 6.32. The van der Waals surface area contributed by atoms with Crippen molar-refractivity contribution in [1.29, 1.82) is 5.26 Å². The summed E-state index contributed by atoms with van der Waals surface area (Å²) in [6.07, 6.45) is 3.18. The van der Waals surface area contributed by atoms with Gasteiger partial charge in [0.15, 0.2) is 28.9 Å². The molecule has 0 atom stereocenters. The van der Waals surface area contributed by atoms with E-state index in [2.05, 4.69) is 30.6 Å². The number of aromatic nitrogens is 7. The van der Waals surface area contributed by atoms with Crippen LogP contribution in [0.2, 0.25) is 5.02 Å². The number of benzene rings is 1. The SMILES string of the molecule is CC(=O)c1cc(Cl)c(-n2cnc3cc(Nc4ccc(C)nn4)ccc32)nc1-n1ccc(C#N)n1. The molecule has 34 heavy (non-hydrogen) atoms. The van der Waals surface area contributed by atoms with Crippen molar-refractivity contribution in [1.82, 2.24) is 34.5 Å². The zero-order chi connectivity index (χ0) is 23.8. The maximum atomic E-state index is 12.2. The second-order valence-corrected chi connectivity index (χ2v) is 7.89. The topological polar surface area (TPSA) is 127 Å². The number of nitrogens with zero attached hydrogens (tertiary/aromatic N) is 8. The Kier molecular flexibility index (Phi) is 5.24. The zero-order valence-corrected chi connectivity index (χ0v) is 18.8. The largest absolute Gasteiger partial charge is 0.339 e. The molecule has 166 valence electrons. The second kappa shape index (κ2) is 8.38. The van der Waals surface area contributed by atoms with Gasteiger partial charge in [-0.2, -0.15) is 15.5 Å². The molecule has 4 aromatic heterocycles. The molecule has 0 saturated heterocycles. The summed E-state index contributed by atoms with van der Waals surface area (Å²) < 4.78 is 3.12. The molecule has 5 rings (SSSR count). The molecule has 0 aliphatic carbocycles. The Hall–Kier alpha value is -4.62. The van der Waals surface area contributed by atoms with Crippen LogP contribution >= 0.6 is 11.6 Å². The van der Waals surface area contributed by atoms with E-state index in [4.69, 9.17) is 16.9 Å². The van der Waals surface area contributed by atoms with Crippen LogP contribution in [0.4, 0.5) is 11.5 Å². The molecule has 0 saturated carbocycles. The van der Waals surface area contributed by atoms with Crippen molar-refractivity contribution < 1.29 is 4.79 Å². The van der Waals surface area contributed by atoms with Gasteiger partial charge in [-0.05, 0) is 56.3 Å². The molecule has 1 aromatic carbocycles. The summed E-state index contributed by atoms with van der Waals surface area (Å²) in [6, 6.07) is 14.4. The number of anilines is 2. The summed E-state index contributed by atoms with van der Waals surface area (Å²) in [5.41, 5.74) is 3.58. The Morgan fingerprint density at radius 3 is 2.68 bits per heavy atom. The summed E-state index contributed by atoms with van der Waals surface area (Å²) in [4.78, 5) is 21.4. The van der Waals surface area contributed by atoms with Gasteiger partial charge in [-0.15, -0.1) is 5.10 Å². The number of carbonyl (C=O) groups is 1. The normalized spacial score (nSPS) is 10.9. The number of nitriles is 1. The molecule has 0 bridgehead atoms. The lowest BCUT2D eigenvalue weighted by atomic mass is 10.2. The first-order chi connectivity index (χ1) is 16.4. The Labute approximate surface area is 198 Å². The van der Waals surface area contributed by atoms with Crippen LogP contribution in [0, 0.1) is 18.3 Å². The number of nitrogens with one attached hydrogen (secondary N) is 1. The van der Waals surface area contributed by atoms with Crippen molar-refractivity contribution in [2.24, 2.45) is 0 Å². The van der Waals surface area contributed by atoms with E-state index in [0.29, 0.717) is 17.2 Å². The molecule has 0 fully saturated rings. The first-order valence-corrected chi connectivity index (χ1v) is 10.5. The van der Waals surface area contributed by atoms with E-state index in [1.54, 1.807) is 29.2 Å². The van der Waals surface area contributed by atoms with Gasteiger partial charge < -0.3 is 5.32 Å². The number of Topliss-reactive ketones (excluding diaryl/α,β-unsaturated/α-hetero) is 1. The summed E-state index contributed by atoms with van der Waals surface area (Å²) >= 11 is 6.54. The zero-order valence-electron chi connectivity index (χ0n) is 18.1. The molecule has 0 unspecified atom stereocenters. The molecule has 0 spiro atoms. The number of rotatable bonds is 5. The van der Waals surface area contributed by atoms with Crippen LogP contribution < -0.4 is 5.32 Å². The number of pyridine rings is 1. The van der Waals surface area contributed by atoms with Gasteiger partial charge >= 0.3 is 0 Å². The van der Waals surface area contributed by atoms with Crippen molar-refractivity contribution in [3.63, 3.8) is 0 Å². The highest BCUT2D eigenvalue weighted by Crippen LogP contribution is 2.28. The Bertz CT molecular complexity index is 1600. The van der Waals surface area contributed by atoms with Crippen LogP contribution in [-0.2, 0) is 0 Å². The number of imidazole rings is 1. The number of fused-ring (bicyclic) bond motifs is 1. The molecule has 11 heteroatoms. The monoisotopic (exact) mass is 469 g/mol.